The number of amides is 1. The summed E-state index contributed by atoms with van der Waals surface area (Å²) in [4.78, 5) is 17.6. The Morgan fingerprint density at radius 3 is 2.33 bits per heavy atom. The highest BCUT2D eigenvalue weighted by Crippen LogP contribution is 2.32. The van der Waals surface area contributed by atoms with Gasteiger partial charge in [-0.1, -0.05) is 48.5 Å². The van der Waals surface area contributed by atoms with Crippen LogP contribution in [0.3, 0.4) is 0 Å². The fourth-order valence-corrected chi connectivity index (χ4v) is 4.98. The van der Waals surface area contributed by atoms with Gasteiger partial charge in [-0.15, -0.1) is 23.2 Å². The first kappa shape index (κ1) is 23.1. The molecule has 3 rings (SSSR count). The molecule has 1 aliphatic rings. The Labute approximate surface area is 191 Å². The Balaban J connectivity index is 1.85. The number of benzene rings is 2. The second-order valence-corrected chi connectivity index (χ2v) is 9.15. The molecule has 30 heavy (non-hydrogen) atoms. The van der Waals surface area contributed by atoms with Crippen LogP contribution < -0.4 is 4.90 Å². The number of para-hydroxylation sites is 1. The monoisotopic (exact) mass is 446 g/mol. The molecule has 1 fully saturated rings. The van der Waals surface area contributed by atoms with Crippen molar-refractivity contribution in [3.8, 4) is 0 Å². The van der Waals surface area contributed by atoms with Gasteiger partial charge in [0, 0.05) is 36.0 Å². The van der Waals surface area contributed by atoms with Gasteiger partial charge in [0.25, 0.3) is 0 Å². The van der Waals surface area contributed by atoms with Crippen LogP contribution in [0.25, 0.3) is 0 Å². The van der Waals surface area contributed by atoms with E-state index in [0.717, 1.165) is 44.3 Å². The summed E-state index contributed by atoms with van der Waals surface area (Å²) >= 11 is 12.6. The molecule has 1 saturated carbocycles. The molecule has 1 aliphatic carbocycles. The van der Waals surface area contributed by atoms with E-state index < -0.39 is 0 Å². The van der Waals surface area contributed by atoms with Crippen LogP contribution in [0, 0.1) is 0 Å². The van der Waals surface area contributed by atoms with Gasteiger partial charge in [-0.25, -0.2) is 0 Å². The summed E-state index contributed by atoms with van der Waals surface area (Å²) in [5.74, 6) is 0.428. The molecule has 0 aliphatic heterocycles. The van der Waals surface area contributed by atoms with Crippen LogP contribution in [-0.2, 0) is 11.2 Å². The second-order valence-electron chi connectivity index (χ2n) is 8.15. The second kappa shape index (κ2) is 11.7. The molecule has 0 heterocycles. The van der Waals surface area contributed by atoms with Gasteiger partial charge in [0.05, 0.1) is 6.04 Å². The lowest BCUT2D eigenvalue weighted by atomic mass is 9.97. The number of rotatable bonds is 8. The molecule has 5 heteroatoms. The molecule has 3 unspecified atom stereocenters. The van der Waals surface area contributed by atoms with Crippen LogP contribution in [0.5, 0.6) is 0 Å². The minimum atomic E-state index is 0.0904. The molecular weight excluding hydrogens is 415 g/mol. The number of alkyl halides is 2. The maximum absolute atomic E-state index is 13.2. The van der Waals surface area contributed by atoms with Crippen molar-refractivity contribution in [3.63, 3.8) is 0 Å². The third-order valence-electron chi connectivity index (χ3n) is 6.06. The predicted octanol–water partition coefficient (Wildman–Crippen LogP) is 5.74. The van der Waals surface area contributed by atoms with Crippen LogP contribution in [0.4, 0.5) is 5.69 Å². The van der Waals surface area contributed by atoms with E-state index in [9.17, 15) is 4.79 Å². The Hall–Kier alpha value is -1.55. The number of halogens is 2. The van der Waals surface area contributed by atoms with Crippen molar-refractivity contribution >= 4 is 34.8 Å². The van der Waals surface area contributed by atoms with Gasteiger partial charge in [0.1, 0.15) is 0 Å². The zero-order valence-electron chi connectivity index (χ0n) is 17.7. The highest BCUT2D eigenvalue weighted by atomic mass is 35.5. The van der Waals surface area contributed by atoms with E-state index in [1.54, 1.807) is 0 Å². The SMILES string of the molecule is CN(CCc1ccccc1)C1CC(Cl)CCCC1N(C(=O)CCCl)c1ccccc1. The maximum Gasteiger partial charge on any atom is 0.228 e. The van der Waals surface area contributed by atoms with Gasteiger partial charge < -0.3 is 9.80 Å². The Morgan fingerprint density at radius 2 is 1.67 bits per heavy atom. The summed E-state index contributed by atoms with van der Waals surface area (Å²) in [7, 11) is 2.17. The van der Waals surface area contributed by atoms with E-state index in [2.05, 4.69) is 36.2 Å². The highest BCUT2D eigenvalue weighted by molar-refractivity contribution is 6.20. The van der Waals surface area contributed by atoms with E-state index in [1.165, 1.54) is 5.56 Å². The lowest BCUT2D eigenvalue weighted by Gasteiger charge is -2.41. The zero-order chi connectivity index (χ0) is 21.3. The zero-order valence-corrected chi connectivity index (χ0v) is 19.2. The van der Waals surface area contributed by atoms with Crippen LogP contribution >= 0.6 is 23.2 Å². The van der Waals surface area contributed by atoms with Gasteiger partial charge in [-0.3, -0.25) is 4.79 Å². The van der Waals surface area contributed by atoms with Crippen molar-refractivity contribution in [1.29, 1.82) is 0 Å². The van der Waals surface area contributed by atoms with Crippen LogP contribution in [-0.4, -0.2) is 47.7 Å². The molecule has 3 nitrogen and oxygen atoms in total. The average molecular weight is 447 g/mol. The fraction of sp³-hybridized carbons (Fsp3) is 0.480. The third-order valence-corrected chi connectivity index (χ3v) is 6.65. The maximum atomic E-state index is 13.2. The van der Waals surface area contributed by atoms with E-state index >= 15 is 0 Å². The number of likely N-dealkylation sites (N-methyl/N-ethyl adjacent to an activating group) is 1. The number of nitrogens with zero attached hydrogens (tertiary/aromatic N) is 2. The molecule has 162 valence electrons. The van der Waals surface area contributed by atoms with Gasteiger partial charge >= 0.3 is 0 Å². The molecule has 3 atom stereocenters. The molecule has 0 saturated heterocycles. The molecule has 0 N–H and O–H groups in total. The normalized spacial score (nSPS) is 21.9. The van der Waals surface area contributed by atoms with E-state index in [0.29, 0.717) is 12.3 Å². The van der Waals surface area contributed by atoms with Gasteiger partial charge in [-0.2, -0.15) is 0 Å². The molecule has 0 spiro atoms. The number of hydrogen-bond donors (Lipinski definition) is 0. The molecule has 0 aromatic heterocycles. The van der Waals surface area contributed by atoms with Gasteiger partial charge in [0.2, 0.25) is 5.91 Å². The Bertz CT molecular complexity index is 771. The first-order valence-electron chi connectivity index (χ1n) is 10.9. The quantitative estimate of drug-likeness (QED) is 0.381. The number of carbonyl (C=O) groups is 1. The summed E-state index contributed by atoms with van der Waals surface area (Å²) in [5.41, 5.74) is 2.28. The minimum Gasteiger partial charge on any atom is -0.308 e. The average Bonchev–Trinajstić information content (AvgIpc) is 2.95. The third kappa shape index (κ3) is 6.23. The number of anilines is 1. The van der Waals surface area contributed by atoms with Gasteiger partial charge in [0.15, 0.2) is 0 Å². The molecular formula is C25H32Cl2N2O. The van der Waals surface area contributed by atoms with Crippen molar-refractivity contribution in [3.05, 3.63) is 66.2 Å². The van der Waals surface area contributed by atoms with E-state index in [-0.39, 0.29) is 23.4 Å². The van der Waals surface area contributed by atoms with Crippen molar-refractivity contribution in [1.82, 2.24) is 4.90 Å². The summed E-state index contributed by atoms with van der Waals surface area (Å²) in [6.07, 6.45) is 5.18. The van der Waals surface area contributed by atoms with Crippen molar-refractivity contribution in [2.75, 3.05) is 24.4 Å². The van der Waals surface area contributed by atoms with E-state index in [4.69, 9.17) is 23.2 Å². The van der Waals surface area contributed by atoms with Crippen LogP contribution in [0.2, 0.25) is 0 Å². The highest BCUT2D eigenvalue weighted by Gasteiger charge is 2.36. The molecule has 0 bridgehead atoms. The van der Waals surface area contributed by atoms with Crippen molar-refractivity contribution in [2.24, 2.45) is 0 Å². The molecule has 0 radical (unpaired) electrons. The first-order chi connectivity index (χ1) is 14.6. The molecule has 1 amide bonds. The van der Waals surface area contributed by atoms with Crippen LogP contribution in [0.1, 0.15) is 37.7 Å². The summed E-state index contributed by atoms with van der Waals surface area (Å²) in [5, 5.41) is 0.139. The van der Waals surface area contributed by atoms with Crippen LogP contribution in [0.15, 0.2) is 60.7 Å². The minimum absolute atomic E-state index is 0.0904. The topological polar surface area (TPSA) is 23.6 Å². The fourth-order valence-electron chi connectivity index (χ4n) is 4.48. The molecule has 2 aromatic rings. The predicted molar refractivity (Wildman–Crippen MR) is 128 cm³/mol. The summed E-state index contributed by atoms with van der Waals surface area (Å²) < 4.78 is 0. The Kier molecular flexibility index (Phi) is 9.05. The molecule has 2 aromatic carbocycles. The summed E-state index contributed by atoms with van der Waals surface area (Å²) in [6, 6.07) is 20.9. The largest absolute Gasteiger partial charge is 0.308 e. The number of carbonyl (C=O) groups excluding carboxylic acids is 1. The summed E-state index contributed by atoms with van der Waals surface area (Å²) in [6.45, 7) is 0.932. The first-order valence-corrected chi connectivity index (χ1v) is 11.9. The Morgan fingerprint density at radius 1 is 1.00 bits per heavy atom. The number of hydrogen-bond acceptors (Lipinski definition) is 2. The van der Waals surface area contributed by atoms with Gasteiger partial charge in [-0.05, 0) is 56.8 Å². The standard InChI is InChI=1S/C25H32Cl2N2O/c1-28(18-16-20-9-4-2-5-10-20)24-19-21(27)11-8-14-23(24)29(25(30)15-17-26)22-12-6-3-7-13-22/h2-7,9-10,12-13,21,23-24H,8,11,14-19H2,1H3. The van der Waals surface area contributed by atoms with E-state index in [1.807, 2.05) is 41.3 Å². The lowest BCUT2D eigenvalue weighted by molar-refractivity contribution is -0.119. The smallest absolute Gasteiger partial charge is 0.228 e. The van der Waals surface area contributed by atoms with Crippen molar-refractivity contribution < 1.29 is 4.79 Å². The lowest BCUT2D eigenvalue weighted by Crippen LogP contribution is -2.53. The van der Waals surface area contributed by atoms with Crippen molar-refractivity contribution in [2.45, 2.75) is 56.0 Å².